The quantitative estimate of drug-likeness (QED) is 0.134. The molecule has 0 N–H and O–H groups in total. The van der Waals surface area contributed by atoms with Crippen LogP contribution in [0.5, 0.6) is 11.5 Å². The van der Waals surface area contributed by atoms with Gasteiger partial charge in [-0.1, -0.05) is 159 Å². The van der Waals surface area contributed by atoms with Crippen LogP contribution in [-0.2, 0) is 0 Å². The van der Waals surface area contributed by atoms with E-state index in [0.717, 1.165) is 28.8 Å². The third-order valence-electron chi connectivity index (χ3n) is 13.8. The average molecular weight is 964 g/mol. The molecule has 0 saturated heterocycles. The van der Waals surface area contributed by atoms with Gasteiger partial charge in [0, 0.05) is 10.9 Å². The molecule has 2 nitrogen and oxygen atoms in total. The van der Waals surface area contributed by atoms with Gasteiger partial charge in [0.25, 0.3) is 0 Å². The maximum atomic E-state index is 6.95. The lowest BCUT2D eigenvalue weighted by Gasteiger charge is -2.44. The SMILES string of the molecule is Cc1cc(C)c(-c2cccc(OC3CCCCC3)c2Br)c(C)c1-c1ccccc1.Cc1cc(C)c(-c2cccc(OC3CCCCC3)c2P(C(C)(C)C)C(C)(C)C)c(C)c1-c1ccccc1. The molecular weight excluding hydrogens is 888 g/mol. The van der Waals surface area contributed by atoms with Gasteiger partial charge in [0.15, 0.2) is 0 Å². The van der Waals surface area contributed by atoms with E-state index in [1.165, 1.54) is 135 Å². The Kier molecular flexibility index (Phi) is 16.1. The normalized spacial score (nSPS) is 15.1. The van der Waals surface area contributed by atoms with Crippen LogP contribution >= 0.6 is 23.9 Å². The van der Waals surface area contributed by atoms with Gasteiger partial charge in [-0.15, -0.1) is 0 Å². The van der Waals surface area contributed by atoms with Crippen LogP contribution in [0, 0.1) is 41.5 Å². The monoisotopic (exact) mass is 962 g/mol. The summed E-state index contributed by atoms with van der Waals surface area (Å²) in [6.07, 6.45) is 13.1. The Morgan fingerprint density at radius 1 is 0.439 bits per heavy atom. The van der Waals surface area contributed by atoms with Crippen LogP contribution in [0.15, 0.2) is 114 Å². The zero-order valence-corrected chi connectivity index (χ0v) is 44.7. The fourth-order valence-electron chi connectivity index (χ4n) is 11.5. The third kappa shape index (κ3) is 11.2. The smallest absolute Gasteiger partial charge is 0.134 e. The van der Waals surface area contributed by atoms with Gasteiger partial charge < -0.3 is 9.47 Å². The van der Waals surface area contributed by atoms with E-state index in [0.29, 0.717) is 12.2 Å². The summed E-state index contributed by atoms with van der Waals surface area (Å²) in [5.41, 5.74) is 18.5. The molecule has 0 heterocycles. The highest BCUT2D eigenvalue weighted by atomic mass is 79.9. The lowest BCUT2D eigenvalue weighted by atomic mass is 9.86. The molecule has 0 bridgehead atoms. The van der Waals surface area contributed by atoms with Crippen molar-refractivity contribution in [3.63, 3.8) is 0 Å². The van der Waals surface area contributed by atoms with Crippen molar-refractivity contribution in [2.75, 3.05) is 0 Å². The van der Waals surface area contributed by atoms with Crippen molar-refractivity contribution in [3.8, 4) is 56.0 Å². The van der Waals surface area contributed by atoms with Crippen LogP contribution in [0.3, 0.4) is 0 Å². The Morgan fingerprint density at radius 3 is 1.26 bits per heavy atom. The van der Waals surface area contributed by atoms with Crippen molar-refractivity contribution in [2.45, 2.75) is 170 Å². The molecular formula is C62H76BrO2P. The summed E-state index contributed by atoms with van der Waals surface area (Å²) in [5.74, 6) is 2.09. The minimum absolute atomic E-state index is 0.142. The highest BCUT2D eigenvalue weighted by Crippen LogP contribution is 2.61. The first-order valence-electron chi connectivity index (χ1n) is 24.8. The van der Waals surface area contributed by atoms with Gasteiger partial charge in [-0.05, 0) is 204 Å². The minimum atomic E-state index is -0.551. The molecule has 2 saturated carbocycles. The molecule has 0 unspecified atom stereocenters. The van der Waals surface area contributed by atoms with E-state index in [4.69, 9.17) is 9.47 Å². The van der Waals surface area contributed by atoms with E-state index in [1.54, 1.807) is 0 Å². The number of hydrogen-bond acceptors (Lipinski definition) is 2. The fraction of sp³-hybridized carbons (Fsp3) is 0.419. The predicted octanol–water partition coefficient (Wildman–Crippen LogP) is 18.8. The van der Waals surface area contributed by atoms with Crippen LogP contribution in [0.2, 0.25) is 0 Å². The molecule has 0 atom stereocenters. The maximum absolute atomic E-state index is 6.95. The third-order valence-corrected chi connectivity index (χ3v) is 18.2. The Balaban J connectivity index is 0.000000202. The van der Waals surface area contributed by atoms with Crippen molar-refractivity contribution in [1.82, 2.24) is 0 Å². The second kappa shape index (κ2) is 21.4. The van der Waals surface area contributed by atoms with Crippen molar-refractivity contribution in [1.29, 1.82) is 0 Å². The van der Waals surface area contributed by atoms with Gasteiger partial charge in [0.1, 0.15) is 11.5 Å². The second-order valence-electron chi connectivity index (χ2n) is 21.2. The fourth-order valence-corrected chi connectivity index (χ4v) is 16.2. The summed E-state index contributed by atoms with van der Waals surface area (Å²) >= 11 is 3.89. The van der Waals surface area contributed by atoms with E-state index in [9.17, 15) is 0 Å². The molecule has 2 aliphatic carbocycles. The summed E-state index contributed by atoms with van der Waals surface area (Å²) in [6, 6.07) is 39.6. The molecule has 2 fully saturated rings. The number of ether oxygens (including phenoxy) is 2. The molecule has 4 heteroatoms. The maximum Gasteiger partial charge on any atom is 0.134 e. The van der Waals surface area contributed by atoms with Crippen LogP contribution < -0.4 is 14.8 Å². The van der Waals surface area contributed by atoms with Crippen LogP contribution in [0.1, 0.15) is 139 Å². The van der Waals surface area contributed by atoms with E-state index in [2.05, 4.69) is 208 Å². The van der Waals surface area contributed by atoms with Crippen molar-refractivity contribution in [2.24, 2.45) is 0 Å². The first-order chi connectivity index (χ1) is 31.5. The topological polar surface area (TPSA) is 18.5 Å². The first kappa shape index (κ1) is 49.7. The molecule has 0 amide bonds. The van der Waals surface area contributed by atoms with E-state index >= 15 is 0 Å². The van der Waals surface area contributed by atoms with Crippen molar-refractivity contribution < 1.29 is 9.47 Å². The summed E-state index contributed by atoms with van der Waals surface area (Å²) in [6.45, 7) is 28.1. The van der Waals surface area contributed by atoms with Gasteiger partial charge in [-0.2, -0.15) is 0 Å². The van der Waals surface area contributed by atoms with E-state index in [-0.39, 0.29) is 10.3 Å². The van der Waals surface area contributed by atoms with Gasteiger partial charge in [-0.3, -0.25) is 0 Å². The molecule has 0 spiro atoms. The molecule has 348 valence electrons. The van der Waals surface area contributed by atoms with E-state index < -0.39 is 7.92 Å². The standard InChI is InChI=1S/C35H47OP.C27H29BrO/c1-24-23-25(2)32(26(3)31(24)27-17-12-10-13-18-27)29-21-16-22-30(36-28-19-14-11-15-20-28)33(29)37(34(4,5)6)35(7,8)9;1-18-17-19(2)26(20(3)25(18)21-11-6-4-7-12-21)23-15-10-16-24(27(23)28)29-22-13-8-5-9-14-22/h10,12-13,16-18,21-23,28H,11,14-15,19-20H2,1-9H3;4,6-7,10-12,15-17,22H,5,8-9,13-14H2,1-3H3. The van der Waals surface area contributed by atoms with E-state index in [1.807, 2.05) is 0 Å². The molecule has 6 aromatic carbocycles. The summed E-state index contributed by atoms with van der Waals surface area (Å²) < 4.78 is 14.4. The summed E-state index contributed by atoms with van der Waals surface area (Å²) in [5, 5.41) is 1.74. The Bertz CT molecular complexity index is 2570. The number of rotatable bonds is 9. The number of halogens is 1. The first-order valence-corrected chi connectivity index (χ1v) is 27.0. The molecule has 0 radical (unpaired) electrons. The average Bonchev–Trinajstić information content (AvgIpc) is 3.26. The zero-order valence-electron chi connectivity index (χ0n) is 42.3. The van der Waals surface area contributed by atoms with Gasteiger partial charge in [0.05, 0.1) is 16.7 Å². The molecule has 0 aliphatic heterocycles. The molecule has 2 aliphatic rings. The van der Waals surface area contributed by atoms with Crippen LogP contribution in [0.25, 0.3) is 44.5 Å². The highest BCUT2D eigenvalue weighted by Gasteiger charge is 2.40. The van der Waals surface area contributed by atoms with Gasteiger partial charge >= 0.3 is 0 Å². The lowest BCUT2D eigenvalue weighted by Crippen LogP contribution is -2.34. The molecule has 0 aromatic heterocycles. The van der Waals surface area contributed by atoms with Crippen molar-refractivity contribution in [3.05, 3.63) is 147 Å². The molecule has 6 aromatic rings. The largest absolute Gasteiger partial charge is 0.490 e. The minimum Gasteiger partial charge on any atom is -0.490 e. The number of aryl methyl sites for hydroxylation is 4. The molecule has 66 heavy (non-hydrogen) atoms. The Labute approximate surface area is 409 Å². The Morgan fingerprint density at radius 2 is 0.818 bits per heavy atom. The second-order valence-corrected chi connectivity index (χ2v) is 25.8. The lowest BCUT2D eigenvalue weighted by molar-refractivity contribution is 0.154. The highest BCUT2D eigenvalue weighted by molar-refractivity contribution is 9.10. The number of hydrogen-bond donors (Lipinski definition) is 0. The van der Waals surface area contributed by atoms with Gasteiger partial charge in [0.2, 0.25) is 0 Å². The van der Waals surface area contributed by atoms with Crippen molar-refractivity contribution >= 4 is 29.2 Å². The predicted molar refractivity (Wildman–Crippen MR) is 292 cm³/mol. The summed E-state index contributed by atoms with van der Waals surface area (Å²) in [7, 11) is -0.551. The van der Waals surface area contributed by atoms with Gasteiger partial charge in [-0.25, -0.2) is 0 Å². The van der Waals surface area contributed by atoms with Crippen LogP contribution in [-0.4, -0.2) is 22.5 Å². The Hall–Kier alpha value is -4.17. The van der Waals surface area contributed by atoms with Crippen LogP contribution in [0.4, 0.5) is 0 Å². The number of benzene rings is 6. The zero-order chi connectivity index (χ0) is 47.3. The summed E-state index contributed by atoms with van der Waals surface area (Å²) in [4.78, 5) is 0. The molecule has 8 rings (SSSR count).